The van der Waals surface area contributed by atoms with Gasteiger partial charge >= 0.3 is 0 Å². The molecule has 3 atom stereocenters. The second-order valence-corrected chi connectivity index (χ2v) is 6.49. The third-order valence-corrected chi connectivity index (χ3v) is 4.52. The van der Waals surface area contributed by atoms with Crippen LogP contribution in [0.25, 0.3) is 0 Å². The minimum Gasteiger partial charge on any atom is -0.376 e. The van der Waals surface area contributed by atoms with E-state index in [4.69, 9.17) is 15.2 Å². The molecule has 21 heavy (non-hydrogen) atoms. The summed E-state index contributed by atoms with van der Waals surface area (Å²) < 4.78 is 11.3. The highest BCUT2D eigenvalue weighted by Gasteiger charge is 2.36. The van der Waals surface area contributed by atoms with E-state index in [1.807, 2.05) is 11.8 Å². The molecule has 0 radical (unpaired) electrons. The fourth-order valence-electron chi connectivity index (χ4n) is 2.90. The lowest BCUT2D eigenvalue weighted by Crippen LogP contribution is -2.41. The third kappa shape index (κ3) is 5.09. The Hall–Kier alpha value is -0.360. The van der Waals surface area contributed by atoms with E-state index in [-0.39, 0.29) is 35.9 Å². The molecule has 6 heteroatoms. The van der Waals surface area contributed by atoms with Crippen LogP contribution in [0.4, 0.5) is 0 Å². The number of carbonyl (C=O) groups excluding carboxylic acids is 1. The third-order valence-electron chi connectivity index (χ3n) is 4.52. The van der Waals surface area contributed by atoms with Crippen molar-refractivity contribution in [2.75, 3.05) is 32.8 Å². The van der Waals surface area contributed by atoms with E-state index in [9.17, 15) is 4.79 Å². The molecule has 0 bridgehead atoms. The lowest BCUT2D eigenvalue weighted by molar-refractivity contribution is -0.145. The van der Waals surface area contributed by atoms with Crippen LogP contribution in [0.3, 0.4) is 0 Å². The van der Waals surface area contributed by atoms with Gasteiger partial charge in [0.1, 0.15) is 6.10 Å². The molecule has 1 amide bonds. The van der Waals surface area contributed by atoms with Crippen molar-refractivity contribution in [3.05, 3.63) is 0 Å². The number of halogens is 1. The molecule has 2 aliphatic heterocycles. The van der Waals surface area contributed by atoms with Crippen LogP contribution < -0.4 is 5.73 Å². The number of amides is 1. The fraction of sp³-hybridized carbons (Fsp3) is 0.933. The van der Waals surface area contributed by atoms with Gasteiger partial charge in [-0.05, 0) is 44.6 Å². The van der Waals surface area contributed by atoms with Gasteiger partial charge in [-0.1, -0.05) is 6.92 Å². The Morgan fingerprint density at radius 3 is 2.86 bits per heavy atom. The molecular formula is C15H29ClN2O3. The summed E-state index contributed by atoms with van der Waals surface area (Å²) in [5, 5.41) is 0. The first kappa shape index (κ1) is 18.7. The zero-order valence-electron chi connectivity index (χ0n) is 13.2. The maximum absolute atomic E-state index is 12.3. The van der Waals surface area contributed by atoms with Gasteiger partial charge in [0.25, 0.3) is 5.91 Å². The predicted octanol–water partition coefficient (Wildman–Crippen LogP) is 1.58. The van der Waals surface area contributed by atoms with Gasteiger partial charge in [0.05, 0.1) is 12.7 Å². The Morgan fingerprint density at radius 2 is 2.29 bits per heavy atom. The lowest BCUT2D eigenvalue weighted by Gasteiger charge is -2.27. The molecule has 2 rings (SSSR count). The largest absolute Gasteiger partial charge is 0.376 e. The minimum absolute atomic E-state index is 0. The second kappa shape index (κ2) is 8.32. The monoisotopic (exact) mass is 320 g/mol. The van der Waals surface area contributed by atoms with Crippen molar-refractivity contribution in [3.63, 3.8) is 0 Å². The number of rotatable bonds is 5. The van der Waals surface area contributed by atoms with E-state index >= 15 is 0 Å². The average Bonchev–Trinajstić information content (AvgIpc) is 2.88. The smallest absolute Gasteiger partial charge is 0.251 e. The topological polar surface area (TPSA) is 64.8 Å². The first-order valence-corrected chi connectivity index (χ1v) is 7.76. The molecule has 2 N–H and O–H groups in total. The number of nitrogens with two attached hydrogens (primary N) is 1. The molecule has 2 heterocycles. The molecule has 124 valence electrons. The maximum atomic E-state index is 12.3. The molecule has 3 unspecified atom stereocenters. The molecule has 2 aliphatic rings. The molecular weight excluding hydrogens is 292 g/mol. The van der Waals surface area contributed by atoms with Crippen LogP contribution >= 0.6 is 12.4 Å². The van der Waals surface area contributed by atoms with Gasteiger partial charge in [-0.15, -0.1) is 12.4 Å². The van der Waals surface area contributed by atoms with Crippen molar-refractivity contribution in [2.24, 2.45) is 11.1 Å². The zero-order chi connectivity index (χ0) is 14.6. The van der Waals surface area contributed by atoms with Gasteiger partial charge in [0.15, 0.2) is 0 Å². The summed E-state index contributed by atoms with van der Waals surface area (Å²) in [7, 11) is 0. The number of nitrogens with zero attached hydrogens (tertiary/aromatic N) is 1. The van der Waals surface area contributed by atoms with Gasteiger partial charge in [0, 0.05) is 19.7 Å². The van der Waals surface area contributed by atoms with E-state index in [1.54, 1.807) is 0 Å². The van der Waals surface area contributed by atoms with Crippen LogP contribution in [-0.2, 0) is 14.3 Å². The van der Waals surface area contributed by atoms with Crippen LogP contribution in [-0.4, -0.2) is 55.9 Å². The van der Waals surface area contributed by atoms with Crippen molar-refractivity contribution in [1.29, 1.82) is 0 Å². The Kier molecular flexibility index (Phi) is 7.40. The highest BCUT2D eigenvalue weighted by atomic mass is 35.5. The molecule has 0 aliphatic carbocycles. The normalized spacial score (nSPS) is 30.8. The van der Waals surface area contributed by atoms with Crippen molar-refractivity contribution < 1.29 is 14.3 Å². The molecule has 5 nitrogen and oxygen atoms in total. The molecule has 2 fully saturated rings. The Morgan fingerprint density at radius 1 is 1.52 bits per heavy atom. The highest BCUT2D eigenvalue weighted by molar-refractivity contribution is 5.85. The van der Waals surface area contributed by atoms with E-state index in [0.717, 1.165) is 39.0 Å². The van der Waals surface area contributed by atoms with Crippen LogP contribution in [0.1, 0.15) is 39.5 Å². The quantitative estimate of drug-likeness (QED) is 0.835. The molecule has 2 saturated heterocycles. The Labute approximate surface area is 133 Å². The molecule has 0 saturated carbocycles. The number of likely N-dealkylation sites (tertiary alicyclic amines) is 1. The van der Waals surface area contributed by atoms with Gasteiger partial charge in [-0.2, -0.15) is 0 Å². The summed E-state index contributed by atoms with van der Waals surface area (Å²) in [5.41, 5.74) is 5.85. The molecule has 0 spiro atoms. The number of hydrogen-bond donors (Lipinski definition) is 1. The maximum Gasteiger partial charge on any atom is 0.251 e. The SMILES string of the molecule is CC(OCC1CCCCO1)C(=O)N1CCC(C)(CN)C1.Cl. The summed E-state index contributed by atoms with van der Waals surface area (Å²) in [6, 6.07) is 0. The summed E-state index contributed by atoms with van der Waals surface area (Å²) in [6.07, 6.45) is 4.12. The van der Waals surface area contributed by atoms with Crippen LogP contribution in [0.5, 0.6) is 0 Å². The summed E-state index contributed by atoms with van der Waals surface area (Å²) in [5.74, 6) is 0.0815. The van der Waals surface area contributed by atoms with Gasteiger partial charge in [0.2, 0.25) is 0 Å². The number of ether oxygens (including phenoxy) is 2. The van der Waals surface area contributed by atoms with Crippen molar-refractivity contribution in [3.8, 4) is 0 Å². The highest BCUT2D eigenvalue weighted by Crippen LogP contribution is 2.29. The van der Waals surface area contributed by atoms with Crippen molar-refractivity contribution in [2.45, 2.75) is 51.7 Å². The van der Waals surface area contributed by atoms with E-state index < -0.39 is 0 Å². The fourth-order valence-corrected chi connectivity index (χ4v) is 2.90. The standard InChI is InChI=1S/C15H28N2O3.ClH/c1-12(20-9-13-5-3-4-8-19-13)14(18)17-7-6-15(2,10-16)11-17;/h12-13H,3-11,16H2,1-2H3;1H. The zero-order valence-corrected chi connectivity index (χ0v) is 14.0. The first-order valence-electron chi connectivity index (χ1n) is 7.76. The Bertz CT molecular complexity index is 337. The van der Waals surface area contributed by atoms with Crippen molar-refractivity contribution in [1.82, 2.24) is 4.90 Å². The number of hydrogen-bond acceptors (Lipinski definition) is 4. The average molecular weight is 321 g/mol. The number of carbonyl (C=O) groups is 1. The van der Waals surface area contributed by atoms with E-state index in [1.165, 1.54) is 6.42 Å². The van der Waals surface area contributed by atoms with E-state index in [0.29, 0.717) is 13.2 Å². The van der Waals surface area contributed by atoms with Gasteiger partial charge < -0.3 is 20.1 Å². The Balaban J connectivity index is 0.00000220. The van der Waals surface area contributed by atoms with Gasteiger partial charge in [-0.3, -0.25) is 4.79 Å². The second-order valence-electron chi connectivity index (χ2n) is 6.49. The minimum atomic E-state index is -0.388. The van der Waals surface area contributed by atoms with Crippen LogP contribution in [0.2, 0.25) is 0 Å². The van der Waals surface area contributed by atoms with Crippen molar-refractivity contribution >= 4 is 18.3 Å². The lowest BCUT2D eigenvalue weighted by atomic mass is 9.90. The molecule has 0 aromatic rings. The molecule has 0 aromatic carbocycles. The van der Waals surface area contributed by atoms with Crippen LogP contribution in [0.15, 0.2) is 0 Å². The first-order chi connectivity index (χ1) is 9.54. The van der Waals surface area contributed by atoms with Gasteiger partial charge in [-0.25, -0.2) is 0 Å². The summed E-state index contributed by atoms with van der Waals surface area (Å²) in [4.78, 5) is 14.2. The molecule has 0 aromatic heterocycles. The summed E-state index contributed by atoms with van der Waals surface area (Å²) >= 11 is 0. The van der Waals surface area contributed by atoms with Crippen LogP contribution in [0, 0.1) is 5.41 Å². The predicted molar refractivity (Wildman–Crippen MR) is 84.6 cm³/mol. The summed E-state index contributed by atoms with van der Waals surface area (Å²) in [6.45, 7) is 7.48. The van der Waals surface area contributed by atoms with E-state index in [2.05, 4.69) is 6.92 Å².